The van der Waals surface area contributed by atoms with Gasteiger partial charge in [-0.3, -0.25) is 4.79 Å². The van der Waals surface area contributed by atoms with Crippen LogP contribution in [0.4, 0.5) is 11.4 Å². The summed E-state index contributed by atoms with van der Waals surface area (Å²) in [5, 5.41) is 2.99. The molecule has 1 aliphatic heterocycles. The third kappa shape index (κ3) is 4.96. The maximum Gasteiger partial charge on any atom is 0.291 e. The number of fused-ring (bicyclic) bond motifs is 1. The van der Waals surface area contributed by atoms with Gasteiger partial charge in [-0.1, -0.05) is 39.8 Å². The van der Waals surface area contributed by atoms with Crippen LogP contribution in [0.5, 0.6) is 0 Å². The second kappa shape index (κ2) is 9.46. The van der Waals surface area contributed by atoms with Gasteiger partial charge < -0.3 is 14.6 Å². The van der Waals surface area contributed by atoms with Gasteiger partial charge in [0.1, 0.15) is 5.76 Å². The summed E-state index contributed by atoms with van der Waals surface area (Å²) in [6.45, 7) is 13.8. The molecule has 2 aliphatic rings. The van der Waals surface area contributed by atoms with Crippen LogP contribution in [0.25, 0.3) is 0 Å². The Labute approximate surface area is 216 Å². The number of piperidine rings is 1. The molecular weight excluding hydrogens is 444 g/mol. The van der Waals surface area contributed by atoms with Crippen LogP contribution in [0.1, 0.15) is 98.4 Å². The molecule has 4 heteroatoms. The van der Waals surface area contributed by atoms with Crippen molar-refractivity contribution in [2.24, 2.45) is 0 Å². The lowest BCUT2D eigenvalue weighted by molar-refractivity contribution is 0.0995. The second-order valence-corrected chi connectivity index (χ2v) is 12.1. The van der Waals surface area contributed by atoms with Crippen LogP contribution in [0.2, 0.25) is 0 Å². The first-order valence-corrected chi connectivity index (χ1v) is 13.5. The number of hydrogen-bond donors (Lipinski definition) is 1. The van der Waals surface area contributed by atoms with E-state index in [1.54, 1.807) is 6.07 Å². The van der Waals surface area contributed by atoms with Crippen molar-refractivity contribution >= 4 is 17.3 Å². The second-order valence-electron chi connectivity index (χ2n) is 12.1. The first-order valence-electron chi connectivity index (χ1n) is 13.5. The lowest BCUT2D eigenvalue weighted by Gasteiger charge is -2.42. The van der Waals surface area contributed by atoms with Crippen molar-refractivity contribution in [1.29, 1.82) is 0 Å². The monoisotopic (exact) mass is 484 g/mol. The zero-order valence-corrected chi connectivity index (χ0v) is 22.5. The number of carbonyl (C=O) groups is 1. The highest BCUT2D eigenvalue weighted by Crippen LogP contribution is 2.46. The van der Waals surface area contributed by atoms with Crippen LogP contribution in [0, 0.1) is 6.92 Å². The number of aryl methyl sites for hydroxylation is 1. The minimum absolute atomic E-state index is 0.172. The summed E-state index contributed by atoms with van der Waals surface area (Å²) < 4.78 is 6.01. The summed E-state index contributed by atoms with van der Waals surface area (Å²) in [6.07, 6.45) is 6.91. The van der Waals surface area contributed by atoms with Crippen molar-refractivity contribution in [2.45, 2.75) is 84.0 Å². The lowest BCUT2D eigenvalue weighted by atomic mass is 9.62. The zero-order valence-electron chi connectivity index (χ0n) is 22.5. The Morgan fingerprint density at radius 1 is 0.889 bits per heavy atom. The topological polar surface area (TPSA) is 45.5 Å². The SMILES string of the molecule is Cc1cc2c(cc1Cc1ccc(C(=O)Nc3ccc(N4CCCCC4)cc3)o1)C(C)(C)CCC2(C)C. The average Bonchev–Trinajstić information content (AvgIpc) is 3.33. The lowest BCUT2D eigenvalue weighted by Crippen LogP contribution is -2.34. The summed E-state index contributed by atoms with van der Waals surface area (Å²) in [5.74, 6) is 0.954. The number of nitrogens with zero attached hydrogens (tertiary/aromatic N) is 1. The largest absolute Gasteiger partial charge is 0.456 e. The maximum atomic E-state index is 12.9. The molecule has 2 aromatic carbocycles. The predicted molar refractivity (Wildman–Crippen MR) is 148 cm³/mol. The molecule has 3 aromatic rings. The average molecular weight is 485 g/mol. The van der Waals surface area contributed by atoms with E-state index in [2.05, 4.69) is 69.1 Å². The van der Waals surface area contributed by atoms with E-state index in [-0.39, 0.29) is 16.7 Å². The highest BCUT2D eigenvalue weighted by Gasteiger charge is 2.37. The molecule has 1 aliphatic carbocycles. The molecule has 4 nitrogen and oxygen atoms in total. The molecule has 1 saturated heterocycles. The van der Waals surface area contributed by atoms with Crippen molar-refractivity contribution in [2.75, 3.05) is 23.3 Å². The molecule has 0 spiro atoms. The van der Waals surface area contributed by atoms with E-state index in [1.807, 2.05) is 18.2 Å². The fraction of sp³-hybridized carbons (Fsp3) is 0.469. The van der Waals surface area contributed by atoms with Crippen molar-refractivity contribution in [3.8, 4) is 0 Å². The first kappa shape index (κ1) is 24.7. The number of benzene rings is 2. The Balaban J connectivity index is 1.28. The molecule has 0 unspecified atom stereocenters. The summed E-state index contributed by atoms with van der Waals surface area (Å²) in [5.41, 5.74) is 7.88. The van der Waals surface area contributed by atoms with Crippen LogP contribution < -0.4 is 10.2 Å². The van der Waals surface area contributed by atoms with Gasteiger partial charge in [0, 0.05) is 30.9 Å². The van der Waals surface area contributed by atoms with Gasteiger partial charge in [-0.25, -0.2) is 0 Å². The van der Waals surface area contributed by atoms with E-state index in [9.17, 15) is 4.79 Å². The number of hydrogen-bond acceptors (Lipinski definition) is 3. The maximum absolute atomic E-state index is 12.9. The molecule has 36 heavy (non-hydrogen) atoms. The quantitative estimate of drug-likeness (QED) is 0.402. The Morgan fingerprint density at radius 2 is 1.53 bits per heavy atom. The molecule has 0 radical (unpaired) electrons. The molecule has 190 valence electrons. The Morgan fingerprint density at radius 3 is 2.19 bits per heavy atom. The normalized spacial score (nSPS) is 18.5. The van der Waals surface area contributed by atoms with Gasteiger partial charge in [-0.2, -0.15) is 0 Å². The summed E-state index contributed by atoms with van der Waals surface area (Å²) in [6, 6.07) is 16.6. The summed E-state index contributed by atoms with van der Waals surface area (Å²) >= 11 is 0. The van der Waals surface area contributed by atoms with Crippen molar-refractivity contribution in [3.63, 3.8) is 0 Å². The van der Waals surface area contributed by atoms with E-state index in [0.717, 1.165) is 24.5 Å². The predicted octanol–water partition coefficient (Wildman–Crippen LogP) is 7.77. The fourth-order valence-corrected chi connectivity index (χ4v) is 5.84. The highest BCUT2D eigenvalue weighted by molar-refractivity contribution is 6.02. The van der Waals surface area contributed by atoms with Gasteiger partial charge in [0.2, 0.25) is 0 Å². The van der Waals surface area contributed by atoms with E-state index < -0.39 is 0 Å². The van der Waals surface area contributed by atoms with Gasteiger partial charge in [-0.15, -0.1) is 0 Å². The molecule has 0 bridgehead atoms. The molecule has 0 saturated carbocycles. The van der Waals surface area contributed by atoms with Crippen LogP contribution in [0.15, 0.2) is 52.9 Å². The van der Waals surface area contributed by atoms with E-state index in [0.29, 0.717) is 12.2 Å². The van der Waals surface area contributed by atoms with Gasteiger partial charge in [0.25, 0.3) is 5.91 Å². The van der Waals surface area contributed by atoms with Gasteiger partial charge in [0.15, 0.2) is 5.76 Å². The number of anilines is 2. The first-order chi connectivity index (χ1) is 17.1. The Bertz CT molecular complexity index is 1240. The number of furan rings is 1. The molecule has 2 heterocycles. The Kier molecular flexibility index (Phi) is 6.48. The molecule has 1 amide bonds. The van der Waals surface area contributed by atoms with Crippen LogP contribution in [0.3, 0.4) is 0 Å². The third-order valence-electron chi connectivity index (χ3n) is 8.41. The van der Waals surface area contributed by atoms with Gasteiger partial charge >= 0.3 is 0 Å². The minimum atomic E-state index is -0.211. The zero-order chi connectivity index (χ0) is 25.5. The summed E-state index contributed by atoms with van der Waals surface area (Å²) in [7, 11) is 0. The van der Waals surface area contributed by atoms with Crippen LogP contribution >= 0.6 is 0 Å². The molecule has 5 rings (SSSR count). The molecule has 0 atom stereocenters. The van der Waals surface area contributed by atoms with E-state index >= 15 is 0 Å². The fourth-order valence-electron chi connectivity index (χ4n) is 5.84. The molecular formula is C32H40N2O2. The number of nitrogens with one attached hydrogen (secondary N) is 1. The molecule has 1 fully saturated rings. The van der Waals surface area contributed by atoms with E-state index in [1.165, 1.54) is 60.0 Å². The number of amides is 1. The summed E-state index contributed by atoms with van der Waals surface area (Å²) in [4.78, 5) is 15.3. The smallest absolute Gasteiger partial charge is 0.291 e. The van der Waals surface area contributed by atoms with Crippen molar-refractivity contribution < 1.29 is 9.21 Å². The van der Waals surface area contributed by atoms with Crippen molar-refractivity contribution in [3.05, 3.63) is 82.3 Å². The third-order valence-corrected chi connectivity index (χ3v) is 8.41. The van der Waals surface area contributed by atoms with Crippen LogP contribution in [-0.2, 0) is 17.3 Å². The van der Waals surface area contributed by atoms with Crippen LogP contribution in [-0.4, -0.2) is 19.0 Å². The molecule has 1 N–H and O–H groups in total. The number of rotatable bonds is 5. The molecule has 1 aromatic heterocycles. The standard InChI is InChI=1S/C32H40N2O2/c1-22-19-27-28(32(4,5)16-15-31(27,2)3)21-23(22)20-26-13-14-29(36-26)30(35)33-24-9-11-25(12-10-24)34-17-7-6-8-18-34/h9-14,19,21H,6-8,15-18,20H2,1-5H3,(H,33,35). The van der Waals surface area contributed by atoms with Gasteiger partial charge in [-0.05, 0) is 109 Å². The van der Waals surface area contributed by atoms with E-state index in [4.69, 9.17) is 4.42 Å². The van der Waals surface area contributed by atoms with Gasteiger partial charge in [0.05, 0.1) is 0 Å². The highest BCUT2D eigenvalue weighted by atomic mass is 16.3. The minimum Gasteiger partial charge on any atom is -0.456 e. The van der Waals surface area contributed by atoms with Crippen molar-refractivity contribution in [1.82, 2.24) is 0 Å². The number of carbonyl (C=O) groups excluding carboxylic acids is 1. The Hall–Kier alpha value is -3.01.